The predicted molar refractivity (Wildman–Crippen MR) is 154 cm³/mol. The summed E-state index contributed by atoms with van der Waals surface area (Å²) in [6.45, 7) is 28.3. The minimum Gasteiger partial charge on any atom is -0.508 e. The van der Waals surface area contributed by atoms with E-state index in [1.54, 1.807) is 0 Å². The van der Waals surface area contributed by atoms with E-state index in [9.17, 15) is 5.11 Å². The van der Waals surface area contributed by atoms with Crippen LogP contribution in [0.3, 0.4) is 0 Å². The van der Waals surface area contributed by atoms with Crippen LogP contribution in [-0.2, 0) is 17.7 Å². The zero-order chi connectivity index (χ0) is 27.2. The van der Waals surface area contributed by atoms with E-state index < -0.39 is 0 Å². The lowest BCUT2D eigenvalue weighted by Gasteiger charge is -2.46. The van der Waals surface area contributed by atoms with Crippen molar-refractivity contribution in [3.63, 3.8) is 0 Å². The van der Waals surface area contributed by atoms with Crippen LogP contribution in [0.15, 0.2) is 60.5 Å². The van der Waals surface area contributed by atoms with Gasteiger partial charge in [0.05, 0.1) is 35.6 Å². The molecule has 1 unspecified atom stereocenters. The molecule has 0 amide bonds. The monoisotopic (exact) mass is 493 g/mol. The van der Waals surface area contributed by atoms with Crippen LogP contribution in [0.2, 0.25) is 0 Å². The molecule has 0 bridgehead atoms. The number of aliphatic hydroxyl groups is 1. The van der Waals surface area contributed by atoms with Crippen LogP contribution in [0.1, 0.15) is 80.0 Å². The molecule has 0 saturated heterocycles. The lowest BCUT2D eigenvalue weighted by atomic mass is 9.82. The first-order valence-corrected chi connectivity index (χ1v) is 13.5. The predicted octanol–water partition coefficient (Wildman–Crippen LogP) is 8.04. The van der Waals surface area contributed by atoms with Crippen molar-refractivity contribution in [3.8, 4) is 0 Å². The number of aromatic nitrogens is 2. The lowest BCUT2D eigenvalue weighted by molar-refractivity contribution is 0.0772. The summed E-state index contributed by atoms with van der Waals surface area (Å²) in [5, 5.41) is 16.4. The van der Waals surface area contributed by atoms with E-state index in [1.165, 1.54) is 5.56 Å². The van der Waals surface area contributed by atoms with Gasteiger partial charge in [-0.2, -0.15) is 5.10 Å². The summed E-state index contributed by atoms with van der Waals surface area (Å²) in [7, 11) is 0. The highest BCUT2D eigenvalue weighted by Crippen LogP contribution is 2.43. The first kappa shape index (κ1) is 29.4. The average Bonchev–Trinajstić information content (AvgIpc) is 3.22. The van der Waals surface area contributed by atoms with Gasteiger partial charge in [-0.1, -0.05) is 79.8 Å². The van der Waals surface area contributed by atoms with Crippen LogP contribution in [-0.4, -0.2) is 38.5 Å². The van der Waals surface area contributed by atoms with Crippen LogP contribution in [0, 0.1) is 5.41 Å². The third kappa shape index (κ3) is 6.12. The van der Waals surface area contributed by atoms with Gasteiger partial charge in [0.25, 0.3) is 0 Å². The van der Waals surface area contributed by atoms with Crippen molar-refractivity contribution in [2.24, 2.45) is 5.41 Å². The van der Waals surface area contributed by atoms with E-state index in [2.05, 4.69) is 81.6 Å². The number of aryl methyl sites for hydroxylation is 1. The first-order chi connectivity index (χ1) is 17.1. The highest BCUT2D eigenvalue weighted by Gasteiger charge is 2.39. The average molecular weight is 494 g/mol. The summed E-state index contributed by atoms with van der Waals surface area (Å²) in [4.78, 5) is 2.28. The second-order valence-electron chi connectivity index (χ2n) is 10.2. The maximum absolute atomic E-state index is 10.1. The Morgan fingerprint density at radius 2 is 1.86 bits per heavy atom. The molecule has 0 spiro atoms. The topological polar surface area (TPSA) is 50.5 Å². The molecule has 0 fully saturated rings. The molecule has 1 N–H and O–H groups in total. The Morgan fingerprint density at radius 3 is 2.44 bits per heavy atom. The summed E-state index contributed by atoms with van der Waals surface area (Å²) in [5.41, 5.74) is 5.96. The molecular weight excluding hydrogens is 446 g/mol. The molecule has 5 nitrogen and oxygen atoms in total. The Balaban J connectivity index is 0.00000109. The van der Waals surface area contributed by atoms with Crippen LogP contribution < -0.4 is 0 Å². The second kappa shape index (κ2) is 12.4. The molecule has 0 radical (unpaired) electrons. The molecule has 1 atom stereocenters. The molecule has 5 heteroatoms. The Hall–Kier alpha value is -2.79. The quantitative estimate of drug-likeness (QED) is 0.327. The number of rotatable bonds is 6. The molecule has 0 saturated carbocycles. The van der Waals surface area contributed by atoms with Gasteiger partial charge in [-0.15, -0.1) is 0 Å². The summed E-state index contributed by atoms with van der Waals surface area (Å²) in [6.07, 6.45) is 6.23. The molecule has 1 aromatic carbocycles. The van der Waals surface area contributed by atoms with Gasteiger partial charge < -0.3 is 14.7 Å². The standard InChI is InChI=1S/C27H35N3O2.2C2H6/c1-17(2)32-13-9-11-20-10-8-12-21-25(20)28-30-16-24(27(5,6)7)29-15-22(19(4)31)18(3)14-23(29)26(21)30;2*1-2/h8,10,12,14-15,17,24,31H,3-4,9,11,13,16H2,1-2,5-7H3;2*1-2H3. The van der Waals surface area contributed by atoms with Gasteiger partial charge in [-0.3, -0.25) is 4.68 Å². The number of hydrogen-bond donors (Lipinski definition) is 1. The highest BCUT2D eigenvalue weighted by molar-refractivity contribution is 5.94. The molecule has 4 rings (SSSR count). The maximum atomic E-state index is 10.1. The van der Waals surface area contributed by atoms with Gasteiger partial charge in [0, 0.05) is 23.8 Å². The smallest absolute Gasteiger partial charge is 0.117 e. The van der Waals surface area contributed by atoms with Gasteiger partial charge in [0.1, 0.15) is 5.76 Å². The molecule has 36 heavy (non-hydrogen) atoms. The molecule has 198 valence electrons. The van der Waals surface area contributed by atoms with E-state index in [4.69, 9.17) is 9.84 Å². The molecule has 2 aromatic rings. The zero-order valence-electron chi connectivity index (χ0n) is 24.0. The normalized spacial score (nSPS) is 16.8. The van der Waals surface area contributed by atoms with Crippen LogP contribution in [0.4, 0.5) is 0 Å². The van der Waals surface area contributed by atoms with E-state index in [0.717, 1.165) is 53.9 Å². The van der Waals surface area contributed by atoms with E-state index in [0.29, 0.717) is 5.57 Å². The number of allylic oxidation sites excluding steroid dienone is 2. The molecule has 2 aliphatic heterocycles. The molecule has 3 heterocycles. The van der Waals surface area contributed by atoms with Crippen molar-refractivity contribution < 1.29 is 9.84 Å². The van der Waals surface area contributed by atoms with Crippen molar-refractivity contribution in [2.75, 3.05) is 6.61 Å². The summed E-state index contributed by atoms with van der Waals surface area (Å²) >= 11 is 0. The maximum Gasteiger partial charge on any atom is 0.117 e. The third-order valence-corrected chi connectivity index (χ3v) is 6.33. The van der Waals surface area contributed by atoms with Crippen molar-refractivity contribution in [1.29, 1.82) is 0 Å². The van der Waals surface area contributed by atoms with Gasteiger partial charge in [0.15, 0.2) is 0 Å². The number of hydrogen-bond acceptors (Lipinski definition) is 4. The van der Waals surface area contributed by atoms with Gasteiger partial charge in [-0.25, -0.2) is 0 Å². The van der Waals surface area contributed by atoms with Gasteiger partial charge in [-0.05, 0) is 49.3 Å². The Morgan fingerprint density at radius 1 is 1.19 bits per heavy atom. The minimum absolute atomic E-state index is 0.00298. The van der Waals surface area contributed by atoms with E-state index in [-0.39, 0.29) is 23.3 Å². The minimum atomic E-state index is 0.00298. The lowest BCUT2D eigenvalue weighted by Crippen LogP contribution is -2.47. The van der Waals surface area contributed by atoms with E-state index in [1.807, 2.05) is 33.9 Å². The van der Waals surface area contributed by atoms with Crippen molar-refractivity contribution in [2.45, 2.75) is 93.8 Å². The van der Waals surface area contributed by atoms with Gasteiger partial charge >= 0.3 is 0 Å². The number of ether oxygens (including phenoxy) is 1. The Bertz CT molecular complexity index is 1130. The SMILES string of the molecule is C=C(O)C1=CN2C(=CC1=C)c1c3cccc(CCCOC(C)C)c3nn1CC2C(C)(C)C.CC.CC. The van der Waals surface area contributed by atoms with E-state index >= 15 is 0 Å². The fraction of sp³-hybridized carbons (Fsp3) is 0.516. The first-order valence-electron chi connectivity index (χ1n) is 13.5. The van der Waals surface area contributed by atoms with Crippen LogP contribution in [0.25, 0.3) is 16.6 Å². The van der Waals surface area contributed by atoms with Gasteiger partial charge in [0.2, 0.25) is 0 Å². The summed E-state index contributed by atoms with van der Waals surface area (Å²) in [6, 6.07) is 6.64. The molecular formula is C31H47N3O2. The zero-order valence-corrected chi connectivity index (χ0v) is 24.0. The number of aliphatic hydroxyl groups excluding tert-OH is 1. The summed E-state index contributed by atoms with van der Waals surface area (Å²) < 4.78 is 7.90. The van der Waals surface area contributed by atoms with Crippen molar-refractivity contribution in [3.05, 3.63) is 71.8 Å². The van der Waals surface area contributed by atoms with Crippen molar-refractivity contribution >= 4 is 16.6 Å². The fourth-order valence-corrected chi connectivity index (χ4v) is 4.66. The fourth-order valence-electron chi connectivity index (χ4n) is 4.66. The van der Waals surface area contributed by atoms with Crippen LogP contribution in [0.5, 0.6) is 0 Å². The number of benzene rings is 1. The van der Waals surface area contributed by atoms with Crippen molar-refractivity contribution in [1.82, 2.24) is 14.7 Å². The highest BCUT2D eigenvalue weighted by atomic mass is 16.5. The largest absolute Gasteiger partial charge is 0.508 e. The molecule has 0 aliphatic carbocycles. The number of fused-ring (bicyclic) bond motifs is 5. The Labute approximate surface area is 218 Å². The third-order valence-electron chi connectivity index (χ3n) is 6.33. The molecule has 2 aliphatic rings. The second-order valence-corrected chi connectivity index (χ2v) is 10.2. The summed E-state index contributed by atoms with van der Waals surface area (Å²) in [5.74, 6) is 0.0489. The number of nitrogens with zero attached hydrogens (tertiary/aromatic N) is 3. The van der Waals surface area contributed by atoms with Crippen LogP contribution >= 0.6 is 0 Å². The Kier molecular flexibility index (Phi) is 10.2. The molecule has 1 aromatic heterocycles.